The molecule has 2 aromatic carbocycles. The Balaban J connectivity index is 2.14. The molecule has 7 nitrogen and oxygen atoms in total. The summed E-state index contributed by atoms with van der Waals surface area (Å²) in [6.45, 7) is 1.74. The predicted octanol–water partition coefficient (Wildman–Crippen LogP) is 2.65. The molecule has 1 aromatic heterocycles. The number of benzene rings is 2. The van der Waals surface area contributed by atoms with Crippen molar-refractivity contribution in [2.24, 2.45) is 4.99 Å². The number of rotatable bonds is 3. The molecule has 0 saturated heterocycles. The van der Waals surface area contributed by atoms with E-state index >= 15 is 0 Å². The van der Waals surface area contributed by atoms with Crippen LogP contribution in [0, 0.1) is 6.92 Å². The standard InChI is InChI=1S/C18H14ClN3O4/c1-10-7-13(23)5-6-15(10)20-9-14-16(24)21-18(26)22(17(14)25)12-4-2-3-11(19)8-12/h2-9,23,25H,1H3,(H,21,24,26). The number of halogens is 1. The quantitative estimate of drug-likeness (QED) is 0.615. The summed E-state index contributed by atoms with van der Waals surface area (Å²) in [6.07, 6.45) is 1.16. The molecule has 0 bridgehead atoms. The van der Waals surface area contributed by atoms with Crippen molar-refractivity contribution in [3.63, 3.8) is 0 Å². The smallest absolute Gasteiger partial charge is 0.335 e. The maximum absolute atomic E-state index is 12.1. The Bertz CT molecular complexity index is 1130. The van der Waals surface area contributed by atoms with Gasteiger partial charge in [-0.2, -0.15) is 0 Å². The van der Waals surface area contributed by atoms with Gasteiger partial charge < -0.3 is 10.2 Å². The third-order valence-electron chi connectivity index (χ3n) is 3.70. The van der Waals surface area contributed by atoms with Crippen LogP contribution in [0.15, 0.2) is 57.0 Å². The highest BCUT2D eigenvalue weighted by atomic mass is 35.5. The third-order valence-corrected chi connectivity index (χ3v) is 3.94. The van der Waals surface area contributed by atoms with Gasteiger partial charge in [-0.05, 0) is 48.9 Å². The van der Waals surface area contributed by atoms with Gasteiger partial charge in [0.15, 0.2) is 0 Å². The van der Waals surface area contributed by atoms with Gasteiger partial charge in [0.1, 0.15) is 11.3 Å². The molecule has 0 aliphatic heterocycles. The first kappa shape index (κ1) is 17.5. The number of nitrogens with zero attached hydrogens (tertiary/aromatic N) is 2. The minimum Gasteiger partial charge on any atom is -0.508 e. The van der Waals surface area contributed by atoms with Crippen LogP contribution in [0.4, 0.5) is 5.69 Å². The summed E-state index contributed by atoms with van der Waals surface area (Å²) in [7, 11) is 0. The first-order chi connectivity index (χ1) is 12.4. The summed E-state index contributed by atoms with van der Waals surface area (Å²) in [5.74, 6) is -0.460. The van der Waals surface area contributed by atoms with E-state index < -0.39 is 17.1 Å². The van der Waals surface area contributed by atoms with Gasteiger partial charge in [0.25, 0.3) is 5.56 Å². The summed E-state index contributed by atoms with van der Waals surface area (Å²) < 4.78 is 0.929. The van der Waals surface area contributed by atoms with Crippen molar-refractivity contribution < 1.29 is 10.2 Å². The predicted molar refractivity (Wildman–Crippen MR) is 99.4 cm³/mol. The zero-order valence-corrected chi connectivity index (χ0v) is 14.4. The van der Waals surface area contributed by atoms with E-state index in [9.17, 15) is 19.8 Å². The molecule has 3 aromatic rings. The molecule has 3 N–H and O–H groups in total. The minimum absolute atomic E-state index is 0.0941. The number of phenolic OH excluding ortho intramolecular Hbond substituents is 1. The number of aromatic nitrogens is 2. The fourth-order valence-corrected chi connectivity index (χ4v) is 2.61. The molecule has 0 atom stereocenters. The Hall–Kier alpha value is -3.32. The highest BCUT2D eigenvalue weighted by Crippen LogP contribution is 2.23. The van der Waals surface area contributed by atoms with E-state index in [-0.39, 0.29) is 11.3 Å². The fourth-order valence-electron chi connectivity index (χ4n) is 2.43. The molecule has 0 aliphatic rings. The van der Waals surface area contributed by atoms with E-state index in [1.54, 1.807) is 31.2 Å². The molecule has 0 amide bonds. The van der Waals surface area contributed by atoms with Crippen LogP contribution in [0.25, 0.3) is 5.69 Å². The maximum atomic E-state index is 12.1. The van der Waals surface area contributed by atoms with E-state index in [0.717, 1.165) is 10.8 Å². The highest BCUT2D eigenvalue weighted by Gasteiger charge is 2.14. The van der Waals surface area contributed by atoms with E-state index in [2.05, 4.69) is 9.98 Å². The van der Waals surface area contributed by atoms with Crippen LogP contribution < -0.4 is 11.2 Å². The zero-order chi connectivity index (χ0) is 18.8. The van der Waals surface area contributed by atoms with Gasteiger partial charge in [-0.25, -0.2) is 9.36 Å². The minimum atomic E-state index is -0.798. The van der Waals surface area contributed by atoms with Crippen molar-refractivity contribution in [1.82, 2.24) is 9.55 Å². The van der Waals surface area contributed by atoms with Crippen molar-refractivity contribution >= 4 is 23.5 Å². The number of hydrogen-bond acceptors (Lipinski definition) is 5. The Labute approximate surface area is 152 Å². The third kappa shape index (κ3) is 3.38. The van der Waals surface area contributed by atoms with Gasteiger partial charge in [0.05, 0.1) is 11.4 Å². The van der Waals surface area contributed by atoms with Gasteiger partial charge in [-0.3, -0.25) is 14.8 Å². The van der Waals surface area contributed by atoms with Gasteiger partial charge in [-0.15, -0.1) is 0 Å². The van der Waals surface area contributed by atoms with Crippen LogP contribution in [-0.2, 0) is 0 Å². The van der Waals surface area contributed by atoms with Gasteiger partial charge in [0, 0.05) is 11.2 Å². The second kappa shape index (κ2) is 6.89. The van der Waals surface area contributed by atoms with E-state index in [0.29, 0.717) is 22.0 Å². The Morgan fingerprint density at radius 1 is 1.15 bits per heavy atom. The van der Waals surface area contributed by atoms with E-state index in [4.69, 9.17) is 11.6 Å². The van der Waals surface area contributed by atoms with Crippen molar-refractivity contribution in [2.45, 2.75) is 6.92 Å². The van der Waals surface area contributed by atoms with Gasteiger partial charge >= 0.3 is 5.69 Å². The molecule has 0 spiro atoms. The molecule has 0 aliphatic carbocycles. The second-order valence-electron chi connectivity index (χ2n) is 5.54. The number of aromatic hydroxyl groups is 2. The summed E-state index contributed by atoms with van der Waals surface area (Å²) >= 11 is 5.93. The second-order valence-corrected chi connectivity index (χ2v) is 5.98. The van der Waals surface area contributed by atoms with Gasteiger partial charge in [-0.1, -0.05) is 17.7 Å². The molecule has 8 heteroatoms. The SMILES string of the molecule is Cc1cc(O)ccc1N=Cc1c(O)n(-c2cccc(Cl)c2)c(=O)[nH]c1=O. The van der Waals surface area contributed by atoms with Crippen molar-refractivity contribution in [2.75, 3.05) is 0 Å². The molecule has 132 valence electrons. The lowest BCUT2D eigenvalue weighted by molar-refractivity contribution is 0.430. The summed E-state index contributed by atoms with van der Waals surface area (Å²) in [5, 5.41) is 20.3. The average Bonchev–Trinajstić information content (AvgIpc) is 2.56. The van der Waals surface area contributed by atoms with Crippen LogP contribution in [0.3, 0.4) is 0 Å². The van der Waals surface area contributed by atoms with Crippen LogP contribution in [0.5, 0.6) is 11.6 Å². The Morgan fingerprint density at radius 3 is 2.62 bits per heavy atom. The van der Waals surface area contributed by atoms with Crippen LogP contribution in [0.1, 0.15) is 11.1 Å². The number of aromatic amines is 1. The number of nitrogens with one attached hydrogen (secondary N) is 1. The van der Waals surface area contributed by atoms with Crippen LogP contribution >= 0.6 is 11.6 Å². The van der Waals surface area contributed by atoms with E-state index in [1.807, 2.05) is 0 Å². The number of aryl methyl sites for hydroxylation is 1. The number of H-pyrrole nitrogens is 1. The Kier molecular flexibility index (Phi) is 4.64. The molecule has 0 fully saturated rings. The fraction of sp³-hybridized carbons (Fsp3) is 0.0556. The van der Waals surface area contributed by atoms with E-state index in [1.165, 1.54) is 18.2 Å². The van der Waals surface area contributed by atoms with Gasteiger partial charge in [0.2, 0.25) is 5.88 Å². The molecule has 1 heterocycles. The molecular formula is C18H14ClN3O4. The molecule has 26 heavy (non-hydrogen) atoms. The topological polar surface area (TPSA) is 108 Å². The molecule has 3 rings (SSSR count). The first-order valence-corrected chi connectivity index (χ1v) is 7.92. The summed E-state index contributed by atoms with van der Waals surface area (Å²) in [5.41, 5.74) is -0.273. The molecule has 0 saturated carbocycles. The summed E-state index contributed by atoms with van der Waals surface area (Å²) in [6, 6.07) is 10.8. The first-order valence-electron chi connectivity index (χ1n) is 7.55. The molecule has 0 radical (unpaired) electrons. The van der Waals surface area contributed by atoms with Crippen molar-refractivity contribution in [3.8, 4) is 17.3 Å². The average molecular weight is 372 g/mol. The highest BCUT2D eigenvalue weighted by molar-refractivity contribution is 6.30. The number of aliphatic imine (C=N–C) groups is 1. The number of hydrogen-bond donors (Lipinski definition) is 3. The largest absolute Gasteiger partial charge is 0.508 e. The lowest BCUT2D eigenvalue weighted by atomic mass is 10.2. The van der Waals surface area contributed by atoms with Crippen molar-refractivity contribution in [3.05, 3.63) is 79.5 Å². The monoisotopic (exact) mass is 371 g/mol. The normalized spacial score (nSPS) is 11.2. The van der Waals surface area contributed by atoms with Crippen molar-refractivity contribution in [1.29, 1.82) is 0 Å². The molecular weight excluding hydrogens is 358 g/mol. The van der Waals surface area contributed by atoms with Crippen LogP contribution in [-0.4, -0.2) is 26.0 Å². The lowest BCUT2D eigenvalue weighted by Crippen LogP contribution is -2.31. The van der Waals surface area contributed by atoms with Crippen LogP contribution in [0.2, 0.25) is 5.02 Å². The lowest BCUT2D eigenvalue weighted by Gasteiger charge is -2.09. The number of phenols is 1. The zero-order valence-electron chi connectivity index (χ0n) is 13.6. The summed E-state index contributed by atoms with van der Waals surface area (Å²) in [4.78, 5) is 30.5. The molecule has 0 unspecified atom stereocenters. The maximum Gasteiger partial charge on any atom is 0.335 e. The Morgan fingerprint density at radius 2 is 1.92 bits per heavy atom.